The van der Waals surface area contributed by atoms with Gasteiger partial charge in [0.1, 0.15) is 5.82 Å². The van der Waals surface area contributed by atoms with Gasteiger partial charge in [0, 0.05) is 19.3 Å². The summed E-state index contributed by atoms with van der Waals surface area (Å²) in [7, 11) is 0. The molecule has 30 heavy (non-hydrogen) atoms. The summed E-state index contributed by atoms with van der Waals surface area (Å²) >= 11 is 7.45. The predicted octanol–water partition coefficient (Wildman–Crippen LogP) is 3.31. The molecule has 9 nitrogen and oxygen atoms in total. The molecule has 0 unspecified atom stereocenters. The highest BCUT2D eigenvalue weighted by molar-refractivity contribution is 7.98. The van der Waals surface area contributed by atoms with Crippen molar-refractivity contribution in [2.45, 2.75) is 57.1 Å². The largest absolute Gasteiger partial charge is 0.331 e. The average Bonchev–Trinajstić information content (AvgIpc) is 3.27. The molecule has 0 amide bonds. The van der Waals surface area contributed by atoms with Crippen LogP contribution in [-0.4, -0.2) is 34.1 Å². The molecule has 2 N–H and O–H groups in total. The number of hydrogen-bond donors (Lipinski definition) is 2. The number of nitrogens with one attached hydrogen (secondary N) is 2. The smallest absolute Gasteiger partial charge is 0.330 e. The fourth-order valence-electron chi connectivity index (χ4n) is 3.37. The van der Waals surface area contributed by atoms with Crippen molar-refractivity contribution in [3.63, 3.8) is 0 Å². The van der Waals surface area contributed by atoms with Gasteiger partial charge in [0.2, 0.25) is 0 Å². The van der Waals surface area contributed by atoms with Gasteiger partial charge in [0.15, 0.2) is 22.0 Å². The van der Waals surface area contributed by atoms with Crippen LogP contribution in [0.5, 0.6) is 0 Å². The molecule has 0 aliphatic carbocycles. The SMILES string of the molecule is CCCCn1c(=O)[nH]c(=O)c2c1nc(CSc1nc3ncc(Cl)cc3[nH]1)n2CCC. The highest BCUT2D eigenvalue weighted by atomic mass is 35.5. The van der Waals surface area contributed by atoms with Crippen LogP contribution in [0.2, 0.25) is 5.02 Å². The van der Waals surface area contributed by atoms with Gasteiger partial charge in [-0.15, -0.1) is 0 Å². The van der Waals surface area contributed by atoms with E-state index in [0.29, 0.717) is 45.8 Å². The minimum absolute atomic E-state index is 0.400. The zero-order valence-corrected chi connectivity index (χ0v) is 18.3. The normalized spacial score (nSPS) is 11.7. The molecule has 0 aliphatic heterocycles. The molecule has 0 saturated heterocycles. The quantitative estimate of drug-likeness (QED) is 0.400. The molecule has 0 fully saturated rings. The van der Waals surface area contributed by atoms with Crippen LogP contribution in [0, 0.1) is 0 Å². The Morgan fingerprint density at radius 3 is 2.70 bits per heavy atom. The third-order valence-corrected chi connectivity index (χ3v) is 5.84. The molecule has 0 spiro atoms. The van der Waals surface area contributed by atoms with Crippen molar-refractivity contribution in [2.24, 2.45) is 0 Å². The number of pyridine rings is 1. The fourth-order valence-corrected chi connectivity index (χ4v) is 4.35. The number of hydrogen-bond acceptors (Lipinski definition) is 6. The van der Waals surface area contributed by atoms with Gasteiger partial charge in [-0.2, -0.15) is 0 Å². The Morgan fingerprint density at radius 1 is 1.10 bits per heavy atom. The number of fused-ring (bicyclic) bond motifs is 2. The zero-order valence-electron chi connectivity index (χ0n) is 16.7. The number of halogens is 1. The lowest BCUT2D eigenvalue weighted by atomic mass is 10.3. The molecule has 158 valence electrons. The fraction of sp³-hybridized carbons (Fsp3) is 0.421. The van der Waals surface area contributed by atoms with Gasteiger partial charge in [-0.05, 0) is 18.9 Å². The summed E-state index contributed by atoms with van der Waals surface area (Å²) in [6.45, 7) is 5.26. The molecule has 0 saturated carbocycles. The molecule has 4 aromatic rings. The van der Waals surface area contributed by atoms with E-state index in [0.717, 1.165) is 30.6 Å². The number of unbranched alkanes of at least 4 members (excludes halogenated alkanes) is 1. The van der Waals surface area contributed by atoms with Crippen LogP contribution in [-0.2, 0) is 18.8 Å². The highest BCUT2D eigenvalue weighted by Gasteiger charge is 2.18. The zero-order chi connectivity index (χ0) is 21.3. The second kappa shape index (κ2) is 8.65. The lowest BCUT2D eigenvalue weighted by molar-refractivity contribution is 0.612. The Bertz CT molecular complexity index is 1320. The number of aromatic amines is 2. The molecule has 0 atom stereocenters. The van der Waals surface area contributed by atoms with E-state index in [4.69, 9.17) is 16.6 Å². The maximum absolute atomic E-state index is 12.6. The van der Waals surface area contributed by atoms with Gasteiger partial charge in [-0.25, -0.2) is 19.7 Å². The number of imidazole rings is 2. The lowest BCUT2D eigenvalue weighted by Gasteiger charge is -2.07. The molecule has 0 radical (unpaired) electrons. The highest BCUT2D eigenvalue weighted by Crippen LogP contribution is 2.25. The molecule has 4 heterocycles. The Kier molecular flexibility index (Phi) is 5.96. The Hall–Kier alpha value is -2.59. The molecule has 4 aromatic heterocycles. The molecular weight excluding hydrogens is 426 g/mol. The summed E-state index contributed by atoms with van der Waals surface area (Å²) < 4.78 is 3.47. The van der Waals surface area contributed by atoms with Crippen LogP contribution in [0.1, 0.15) is 38.9 Å². The first-order valence-corrected chi connectivity index (χ1v) is 11.2. The maximum Gasteiger partial charge on any atom is 0.330 e. The van der Waals surface area contributed by atoms with Gasteiger partial charge >= 0.3 is 5.69 Å². The summed E-state index contributed by atoms with van der Waals surface area (Å²) in [5.41, 5.74) is 1.43. The van der Waals surface area contributed by atoms with Gasteiger partial charge in [0.05, 0.1) is 16.3 Å². The van der Waals surface area contributed by atoms with Crippen molar-refractivity contribution in [1.82, 2.24) is 34.1 Å². The van der Waals surface area contributed by atoms with Crippen LogP contribution < -0.4 is 11.2 Å². The van der Waals surface area contributed by atoms with E-state index in [2.05, 4.69) is 26.9 Å². The van der Waals surface area contributed by atoms with Crippen molar-refractivity contribution in [3.8, 4) is 0 Å². The topological polar surface area (TPSA) is 114 Å². The lowest BCUT2D eigenvalue weighted by Crippen LogP contribution is -2.31. The number of nitrogens with zero attached hydrogens (tertiary/aromatic N) is 5. The number of thioether (sulfide) groups is 1. The van der Waals surface area contributed by atoms with Crippen molar-refractivity contribution in [3.05, 3.63) is 43.9 Å². The second-order valence-electron chi connectivity index (χ2n) is 6.97. The van der Waals surface area contributed by atoms with Crippen molar-refractivity contribution in [1.29, 1.82) is 0 Å². The van der Waals surface area contributed by atoms with E-state index < -0.39 is 11.2 Å². The van der Waals surface area contributed by atoms with E-state index in [9.17, 15) is 9.59 Å². The number of aryl methyl sites for hydroxylation is 2. The van der Waals surface area contributed by atoms with Crippen LogP contribution in [0.4, 0.5) is 0 Å². The third kappa shape index (κ3) is 3.89. The molecule has 0 aliphatic rings. The third-order valence-electron chi connectivity index (χ3n) is 4.77. The summed E-state index contributed by atoms with van der Waals surface area (Å²) in [4.78, 5) is 44.0. The van der Waals surface area contributed by atoms with Crippen LogP contribution in [0.25, 0.3) is 22.3 Å². The Balaban J connectivity index is 1.73. The van der Waals surface area contributed by atoms with E-state index in [-0.39, 0.29) is 0 Å². The van der Waals surface area contributed by atoms with Gasteiger partial charge in [-0.1, -0.05) is 43.6 Å². The average molecular weight is 448 g/mol. The Morgan fingerprint density at radius 2 is 1.93 bits per heavy atom. The number of rotatable bonds is 8. The first kappa shape index (κ1) is 20.7. The van der Waals surface area contributed by atoms with E-state index in [1.807, 2.05) is 11.5 Å². The van der Waals surface area contributed by atoms with Crippen molar-refractivity contribution in [2.75, 3.05) is 0 Å². The Labute approximate surface area is 180 Å². The standard InChI is InChI=1S/C19H22ClN7O2S/c1-3-5-7-27-16-14(17(28)25-19(27)29)26(6-4-2)13(23-16)10-30-18-22-12-8-11(20)9-21-15(12)24-18/h8-9H,3-7,10H2,1-2H3,(H,21,22,24)(H,25,28,29). The molecule has 4 rings (SSSR count). The van der Waals surface area contributed by atoms with Gasteiger partial charge in [0.25, 0.3) is 5.56 Å². The van der Waals surface area contributed by atoms with E-state index >= 15 is 0 Å². The summed E-state index contributed by atoms with van der Waals surface area (Å²) in [6, 6.07) is 1.78. The first-order chi connectivity index (χ1) is 14.5. The molecular formula is C19H22ClN7O2S. The molecule has 11 heteroatoms. The van der Waals surface area contributed by atoms with Crippen LogP contribution in [0.3, 0.4) is 0 Å². The van der Waals surface area contributed by atoms with E-state index in [1.54, 1.807) is 16.8 Å². The molecule has 0 bridgehead atoms. The number of H-pyrrole nitrogens is 2. The van der Waals surface area contributed by atoms with Gasteiger partial charge in [-0.3, -0.25) is 14.3 Å². The summed E-state index contributed by atoms with van der Waals surface area (Å²) in [5.74, 6) is 1.22. The minimum Gasteiger partial charge on any atom is -0.331 e. The molecule has 0 aromatic carbocycles. The van der Waals surface area contributed by atoms with Crippen LogP contribution >= 0.6 is 23.4 Å². The predicted molar refractivity (Wildman–Crippen MR) is 118 cm³/mol. The van der Waals surface area contributed by atoms with Crippen LogP contribution in [0.15, 0.2) is 27.0 Å². The monoisotopic (exact) mass is 447 g/mol. The summed E-state index contributed by atoms with van der Waals surface area (Å²) in [5, 5.41) is 1.23. The van der Waals surface area contributed by atoms with Crippen molar-refractivity contribution >= 4 is 45.7 Å². The summed E-state index contributed by atoms with van der Waals surface area (Å²) in [6.07, 6.45) is 4.17. The van der Waals surface area contributed by atoms with Gasteiger partial charge < -0.3 is 9.55 Å². The minimum atomic E-state index is -0.415. The van der Waals surface area contributed by atoms with Crippen molar-refractivity contribution < 1.29 is 0 Å². The number of aromatic nitrogens is 7. The first-order valence-electron chi connectivity index (χ1n) is 9.88. The maximum atomic E-state index is 12.6. The second-order valence-corrected chi connectivity index (χ2v) is 8.37. The van der Waals surface area contributed by atoms with E-state index in [1.165, 1.54) is 11.8 Å².